The van der Waals surface area contributed by atoms with Crippen molar-refractivity contribution in [1.82, 2.24) is 9.88 Å². The summed E-state index contributed by atoms with van der Waals surface area (Å²) >= 11 is 0. The molecule has 0 fully saturated rings. The Balaban J connectivity index is 2.29. The van der Waals surface area contributed by atoms with Crippen molar-refractivity contribution in [3.05, 3.63) is 35.0 Å². The molecule has 114 valence electrons. The summed E-state index contributed by atoms with van der Waals surface area (Å²) in [5, 5.41) is 11.3. The first-order valence-electron chi connectivity index (χ1n) is 6.86. The summed E-state index contributed by atoms with van der Waals surface area (Å²) in [4.78, 5) is 27.6. The third kappa shape index (κ3) is 2.13. The lowest BCUT2D eigenvalue weighted by Crippen LogP contribution is -2.24. The van der Waals surface area contributed by atoms with Gasteiger partial charge in [-0.3, -0.25) is 9.59 Å². The lowest BCUT2D eigenvalue weighted by molar-refractivity contribution is -0.118. The van der Waals surface area contributed by atoms with E-state index in [0.717, 1.165) is 16.5 Å². The lowest BCUT2D eigenvalue weighted by atomic mass is 10.1. The van der Waals surface area contributed by atoms with Crippen LogP contribution in [0.1, 0.15) is 18.2 Å². The second kappa shape index (κ2) is 5.22. The summed E-state index contributed by atoms with van der Waals surface area (Å²) in [5.74, 6) is 0.335. The molecule has 0 saturated heterocycles. The fourth-order valence-electron chi connectivity index (χ4n) is 2.76. The number of fused-ring (bicyclic) bond motifs is 3. The van der Waals surface area contributed by atoms with Crippen molar-refractivity contribution in [1.29, 1.82) is 0 Å². The number of carbonyl (C=O) groups excluding carboxylic acids is 2. The molecule has 2 aromatic rings. The molecule has 0 saturated carbocycles. The second-order valence-electron chi connectivity index (χ2n) is 5.28. The van der Waals surface area contributed by atoms with Crippen molar-refractivity contribution in [3.63, 3.8) is 0 Å². The largest absolute Gasteiger partial charge is 0.505 e. The Kier molecular flexibility index (Phi) is 3.36. The number of hydrogen-bond donors (Lipinski definition) is 2. The first-order chi connectivity index (χ1) is 10.5. The number of methoxy groups -OCH3 is 1. The Labute approximate surface area is 127 Å². The fourth-order valence-corrected chi connectivity index (χ4v) is 2.76. The summed E-state index contributed by atoms with van der Waals surface area (Å²) in [6, 6.07) is 5.50. The normalized spacial score (nSPS) is 14.7. The first-order valence-corrected chi connectivity index (χ1v) is 6.86. The molecule has 1 amide bonds. The van der Waals surface area contributed by atoms with Gasteiger partial charge in [0.1, 0.15) is 11.5 Å². The number of carbonyl (C=O) groups is 2. The van der Waals surface area contributed by atoms with Crippen molar-refractivity contribution >= 4 is 28.9 Å². The molecule has 0 bridgehead atoms. The van der Waals surface area contributed by atoms with Gasteiger partial charge in [-0.05, 0) is 25.1 Å². The SMILES string of the molecule is COc1ccc2[nH]c3c(c2c1)CN(C=O)CC(C(C)=O)=C3O. The summed E-state index contributed by atoms with van der Waals surface area (Å²) in [6.07, 6.45) is 0.685. The van der Waals surface area contributed by atoms with Gasteiger partial charge in [-0.2, -0.15) is 0 Å². The van der Waals surface area contributed by atoms with Gasteiger partial charge in [-0.1, -0.05) is 0 Å². The predicted octanol–water partition coefficient (Wildman–Crippen LogP) is 2.01. The molecule has 2 N–H and O–H groups in total. The Morgan fingerprint density at radius 1 is 1.41 bits per heavy atom. The minimum Gasteiger partial charge on any atom is -0.505 e. The number of H-pyrrole nitrogens is 1. The number of Topliss-reactive ketones (excluding diaryl/α,β-unsaturated/α-hetero) is 1. The molecule has 0 aliphatic carbocycles. The summed E-state index contributed by atoms with van der Waals surface area (Å²) in [6.45, 7) is 1.79. The maximum absolute atomic E-state index is 11.8. The maximum Gasteiger partial charge on any atom is 0.210 e. The van der Waals surface area contributed by atoms with E-state index < -0.39 is 0 Å². The van der Waals surface area contributed by atoms with E-state index in [0.29, 0.717) is 24.4 Å². The summed E-state index contributed by atoms with van der Waals surface area (Å²) < 4.78 is 5.23. The van der Waals surface area contributed by atoms with Crippen molar-refractivity contribution in [2.45, 2.75) is 13.5 Å². The Hall–Kier alpha value is -2.76. The molecule has 1 aromatic carbocycles. The Bertz CT molecular complexity index is 804. The highest BCUT2D eigenvalue weighted by Crippen LogP contribution is 2.33. The van der Waals surface area contributed by atoms with E-state index in [1.807, 2.05) is 18.2 Å². The molecule has 1 aliphatic rings. The van der Waals surface area contributed by atoms with Gasteiger partial charge in [0.2, 0.25) is 6.41 Å². The molecule has 6 heteroatoms. The molecule has 2 heterocycles. The highest BCUT2D eigenvalue weighted by Gasteiger charge is 2.26. The van der Waals surface area contributed by atoms with Gasteiger partial charge in [-0.25, -0.2) is 0 Å². The van der Waals surface area contributed by atoms with Crippen LogP contribution in [-0.4, -0.2) is 40.8 Å². The van der Waals surface area contributed by atoms with Crippen LogP contribution in [0.25, 0.3) is 16.7 Å². The van der Waals surface area contributed by atoms with Crippen molar-refractivity contribution in [2.24, 2.45) is 0 Å². The molecule has 6 nitrogen and oxygen atoms in total. The molecular weight excluding hydrogens is 284 g/mol. The van der Waals surface area contributed by atoms with E-state index in [-0.39, 0.29) is 23.7 Å². The number of aromatic nitrogens is 1. The van der Waals surface area contributed by atoms with Crippen LogP contribution in [0, 0.1) is 0 Å². The molecule has 22 heavy (non-hydrogen) atoms. The average Bonchev–Trinajstić information content (AvgIpc) is 2.80. The molecular formula is C16H16N2O4. The summed E-state index contributed by atoms with van der Waals surface area (Å²) in [7, 11) is 1.58. The third-order valence-electron chi connectivity index (χ3n) is 3.93. The number of aliphatic hydroxyl groups is 1. The van der Waals surface area contributed by atoms with E-state index in [1.54, 1.807) is 7.11 Å². The topological polar surface area (TPSA) is 82.6 Å². The van der Waals surface area contributed by atoms with Gasteiger partial charge >= 0.3 is 0 Å². The van der Waals surface area contributed by atoms with Crippen molar-refractivity contribution in [2.75, 3.05) is 13.7 Å². The van der Waals surface area contributed by atoms with Crippen LogP contribution in [-0.2, 0) is 16.1 Å². The van der Waals surface area contributed by atoms with Crippen LogP contribution in [0.5, 0.6) is 5.75 Å². The van der Waals surface area contributed by atoms with E-state index in [1.165, 1.54) is 11.8 Å². The monoisotopic (exact) mass is 300 g/mol. The first kappa shape index (κ1) is 14.2. The number of amides is 1. The van der Waals surface area contributed by atoms with Gasteiger partial charge in [0.05, 0.1) is 24.9 Å². The van der Waals surface area contributed by atoms with Crippen LogP contribution in [0.2, 0.25) is 0 Å². The molecule has 1 aromatic heterocycles. The van der Waals surface area contributed by atoms with Crippen LogP contribution in [0.4, 0.5) is 0 Å². The number of nitrogens with zero attached hydrogens (tertiary/aromatic N) is 1. The predicted molar refractivity (Wildman–Crippen MR) is 81.6 cm³/mol. The van der Waals surface area contributed by atoms with Gasteiger partial charge in [0.15, 0.2) is 5.78 Å². The molecule has 3 rings (SSSR count). The number of ether oxygens (including phenoxy) is 1. The van der Waals surface area contributed by atoms with Crippen LogP contribution < -0.4 is 4.74 Å². The number of nitrogens with one attached hydrogen (secondary N) is 1. The second-order valence-corrected chi connectivity index (χ2v) is 5.28. The van der Waals surface area contributed by atoms with E-state index >= 15 is 0 Å². The minimum absolute atomic E-state index is 0.0954. The zero-order valence-corrected chi connectivity index (χ0v) is 12.3. The molecule has 0 radical (unpaired) electrons. The zero-order chi connectivity index (χ0) is 15.9. The third-order valence-corrected chi connectivity index (χ3v) is 3.93. The van der Waals surface area contributed by atoms with Crippen LogP contribution in [0.15, 0.2) is 23.8 Å². The highest BCUT2D eigenvalue weighted by molar-refractivity contribution is 6.02. The number of aromatic amines is 1. The van der Waals surface area contributed by atoms with Crippen molar-refractivity contribution in [3.8, 4) is 5.75 Å². The lowest BCUT2D eigenvalue weighted by Gasteiger charge is -2.15. The van der Waals surface area contributed by atoms with Crippen LogP contribution in [0.3, 0.4) is 0 Å². The van der Waals surface area contributed by atoms with Gasteiger partial charge in [0.25, 0.3) is 0 Å². The van der Waals surface area contributed by atoms with E-state index in [4.69, 9.17) is 4.74 Å². The smallest absolute Gasteiger partial charge is 0.210 e. The Morgan fingerprint density at radius 3 is 2.82 bits per heavy atom. The number of rotatable bonds is 3. The summed E-state index contributed by atoms with van der Waals surface area (Å²) in [5.41, 5.74) is 2.30. The minimum atomic E-state index is -0.256. The molecule has 0 atom stereocenters. The number of ketones is 1. The van der Waals surface area contributed by atoms with E-state index in [9.17, 15) is 14.7 Å². The van der Waals surface area contributed by atoms with Crippen molar-refractivity contribution < 1.29 is 19.4 Å². The van der Waals surface area contributed by atoms with Gasteiger partial charge < -0.3 is 19.7 Å². The number of benzene rings is 1. The van der Waals surface area contributed by atoms with Gasteiger partial charge in [0, 0.05) is 23.0 Å². The van der Waals surface area contributed by atoms with E-state index in [2.05, 4.69) is 4.98 Å². The quantitative estimate of drug-likeness (QED) is 0.849. The molecule has 0 unspecified atom stereocenters. The maximum atomic E-state index is 11.8. The average molecular weight is 300 g/mol. The standard InChI is InChI=1S/C16H16N2O4/c1-9(20)12-6-18(8-19)7-13-11-5-10(22-2)3-4-14(11)17-15(13)16(12)21/h3-5,8,17,21H,6-7H2,1-2H3. The Morgan fingerprint density at radius 2 is 2.18 bits per heavy atom. The molecule has 1 aliphatic heterocycles. The molecule has 0 spiro atoms. The zero-order valence-electron chi connectivity index (χ0n) is 12.3. The van der Waals surface area contributed by atoms with Gasteiger partial charge in [-0.15, -0.1) is 0 Å². The number of aliphatic hydroxyl groups excluding tert-OH is 1. The fraction of sp³-hybridized carbons (Fsp3) is 0.250. The highest BCUT2D eigenvalue weighted by atomic mass is 16.5. The van der Waals surface area contributed by atoms with Crippen LogP contribution >= 0.6 is 0 Å². The number of hydrogen-bond acceptors (Lipinski definition) is 4.